The maximum absolute atomic E-state index is 9.87. The first kappa shape index (κ1) is 13.6. The standard InChI is InChI=1S/C8H24NOPSi2/c1-11(2,8-13(6,7)10)9-12(3,4)5/h10H,8H2,1-7H3. The minimum Gasteiger partial charge on any atom is -0.432 e. The monoisotopic (exact) mass is 237 g/mol. The molecule has 0 rings (SSSR count). The van der Waals surface area contributed by atoms with Gasteiger partial charge in [-0.15, -0.1) is 0 Å². The van der Waals surface area contributed by atoms with Crippen molar-refractivity contribution in [3.05, 3.63) is 0 Å². The zero-order valence-electron chi connectivity index (χ0n) is 10.0. The van der Waals surface area contributed by atoms with Crippen LogP contribution in [0.1, 0.15) is 0 Å². The highest BCUT2D eigenvalue weighted by Crippen LogP contribution is 2.44. The highest BCUT2D eigenvalue weighted by Gasteiger charge is 2.25. The van der Waals surface area contributed by atoms with Gasteiger partial charge in [0.1, 0.15) is 0 Å². The predicted octanol–water partition coefficient (Wildman–Crippen LogP) is 3.02. The van der Waals surface area contributed by atoms with Crippen molar-refractivity contribution in [1.29, 1.82) is 0 Å². The van der Waals surface area contributed by atoms with Crippen LogP contribution in [-0.4, -0.2) is 40.5 Å². The third-order valence-electron chi connectivity index (χ3n) is 1.34. The van der Waals surface area contributed by atoms with Gasteiger partial charge < -0.3 is 9.21 Å². The second-order valence-electron chi connectivity index (χ2n) is 5.86. The third-order valence-corrected chi connectivity index (χ3v) is 12.1. The summed E-state index contributed by atoms with van der Waals surface area (Å²) in [5, 5.41) is 0. The van der Waals surface area contributed by atoms with Crippen LogP contribution < -0.4 is 0 Å². The minimum atomic E-state index is -1.91. The highest BCUT2D eigenvalue weighted by atomic mass is 31.2. The molecule has 0 saturated heterocycles. The van der Waals surface area contributed by atoms with Crippen molar-refractivity contribution in [2.24, 2.45) is 4.41 Å². The van der Waals surface area contributed by atoms with E-state index >= 15 is 0 Å². The summed E-state index contributed by atoms with van der Waals surface area (Å²) in [6.07, 6.45) is 0. The molecule has 13 heavy (non-hydrogen) atoms. The highest BCUT2D eigenvalue weighted by molar-refractivity contribution is 7.68. The Morgan fingerprint density at radius 1 is 1.08 bits per heavy atom. The molecule has 0 aliphatic rings. The molecule has 0 aromatic rings. The van der Waals surface area contributed by atoms with E-state index in [9.17, 15) is 4.80 Å². The molecule has 0 saturated carbocycles. The molecule has 0 aliphatic heterocycles. The van der Waals surface area contributed by atoms with Crippen LogP contribution in [0.4, 0.5) is 0 Å². The van der Waals surface area contributed by atoms with E-state index in [4.69, 9.17) is 4.41 Å². The van der Waals surface area contributed by atoms with E-state index in [1.165, 1.54) is 0 Å². The predicted molar refractivity (Wildman–Crippen MR) is 69.1 cm³/mol. The smallest absolute Gasteiger partial charge is 0.188 e. The SMILES string of the molecule is C[Si](C)(O)CP(C)(C)=N[Si](C)(C)C. The molecule has 0 unspecified atom stereocenters. The van der Waals surface area contributed by atoms with Gasteiger partial charge in [-0.1, -0.05) is 19.6 Å². The van der Waals surface area contributed by atoms with E-state index in [0.29, 0.717) is 0 Å². The first-order valence-corrected chi connectivity index (χ1v) is 14.1. The molecule has 0 aromatic heterocycles. The van der Waals surface area contributed by atoms with Gasteiger partial charge in [-0.05, 0) is 39.3 Å². The normalized spacial score (nSPS) is 14.5. The number of hydrogen-bond acceptors (Lipinski definition) is 2. The van der Waals surface area contributed by atoms with E-state index in [1.54, 1.807) is 0 Å². The molecular formula is C8H24NOPSi2. The van der Waals surface area contributed by atoms with Crippen LogP contribution in [0.5, 0.6) is 0 Å². The molecule has 0 aromatic carbocycles. The Kier molecular flexibility index (Phi) is 4.20. The molecule has 0 spiro atoms. The van der Waals surface area contributed by atoms with Crippen molar-refractivity contribution in [3.63, 3.8) is 0 Å². The summed E-state index contributed by atoms with van der Waals surface area (Å²) in [5.74, 6) is 0.976. The first-order chi connectivity index (χ1) is 5.41. The Morgan fingerprint density at radius 3 is 1.69 bits per heavy atom. The Hall–Kier alpha value is 0.624. The lowest BCUT2D eigenvalue weighted by Crippen LogP contribution is -2.31. The van der Waals surface area contributed by atoms with E-state index in [0.717, 1.165) is 5.79 Å². The molecule has 80 valence electrons. The van der Waals surface area contributed by atoms with Crippen molar-refractivity contribution in [1.82, 2.24) is 0 Å². The maximum Gasteiger partial charge on any atom is 0.188 e. The summed E-state index contributed by atoms with van der Waals surface area (Å²) >= 11 is 0. The van der Waals surface area contributed by atoms with Gasteiger partial charge in [0.05, 0.1) is 0 Å². The summed E-state index contributed by atoms with van der Waals surface area (Å²) in [5.41, 5.74) is 0. The summed E-state index contributed by atoms with van der Waals surface area (Å²) < 4.78 is 4.95. The third kappa shape index (κ3) is 8.94. The van der Waals surface area contributed by atoms with Gasteiger partial charge in [-0.2, -0.15) is 0 Å². The van der Waals surface area contributed by atoms with Crippen molar-refractivity contribution < 1.29 is 4.80 Å². The van der Waals surface area contributed by atoms with Gasteiger partial charge in [0.15, 0.2) is 16.6 Å². The largest absolute Gasteiger partial charge is 0.432 e. The number of rotatable bonds is 3. The first-order valence-electron chi connectivity index (χ1n) is 4.71. The topological polar surface area (TPSA) is 32.6 Å². The quantitative estimate of drug-likeness (QED) is 0.594. The molecule has 0 heterocycles. The second kappa shape index (κ2) is 4.01. The van der Waals surface area contributed by atoms with Gasteiger partial charge in [-0.3, -0.25) is 0 Å². The molecule has 0 radical (unpaired) electrons. The molecule has 0 bridgehead atoms. The molecule has 0 atom stereocenters. The van der Waals surface area contributed by atoms with Crippen molar-refractivity contribution in [2.45, 2.75) is 32.7 Å². The Balaban J connectivity index is 4.68. The summed E-state index contributed by atoms with van der Waals surface area (Å²) in [6.45, 7) is 15.3. The van der Waals surface area contributed by atoms with E-state index in [-0.39, 0.29) is 0 Å². The molecule has 5 heteroatoms. The summed E-state index contributed by atoms with van der Waals surface area (Å²) in [6, 6.07) is 0. The number of hydrogen-bond donors (Lipinski definition) is 1. The van der Waals surface area contributed by atoms with Crippen LogP contribution in [0.3, 0.4) is 0 Å². The zero-order valence-corrected chi connectivity index (χ0v) is 12.9. The van der Waals surface area contributed by atoms with Gasteiger partial charge in [0, 0.05) is 0 Å². The number of nitrogens with zero attached hydrogens (tertiary/aromatic N) is 1. The van der Waals surface area contributed by atoms with Crippen LogP contribution in [0.2, 0.25) is 32.7 Å². The molecule has 2 nitrogen and oxygen atoms in total. The fraction of sp³-hybridized carbons (Fsp3) is 1.00. The Morgan fingerprint density at radius 2 is 1.46 bits per heavy atom. The molecule has 0 fully saturated rings. The van der Waals surface area contributed by atoms with Crippen molar-refractivity contribution in [3.8, 4) is 0 Å². The van der Waals surface area contributed by atoms with Crippen LogP contribution in [0, 0.1) is 0 Å². The lowest BCUT2D eigenvalue weighted by atomic mass is 11.8. The molecular weight excluding hydrogens is 213 g/mol. The van der Waals surface area contributed by atoms with Crippen molar-refractivity contribution >= 4 is 23.6 Å². The van der Waals surface area contributed by atoms with Crippen LogP contribution in [0.15, 0.2) is 4.41 Å². The second-order valence-corrected chi connectivity index (χ2v) is 19.1. The van der Waals surface area contributed by atoms with E-state index in [2.05, 4.69) is 33.0 Å². The van der Waals surface area contributed by atoms with Gasteiger partial charge in [0.2, 0.25) is 0 Å². The van der Waals surface area contributed by atoms with E-state index < -0.39 is 23.6 Å². The average molecular weight is 237 g/mol. The van der Waals surface area contributed by atoms with Crippen LogP contribution >= 0.6 is 7.05 Å². The minimum absolute atomic E-state index is 0.976. The fourth-order valence-corrected chi connectivity index (χ4v) is 16.8. The van der Waals surface area contributed by atoms with Crippen LogP contribution in [-0.2, 0) is 0 Å². The maximum atomic E-state index is 9.87. The lowest BCUT2D eigenvalue weighted by Gasteiger charge is -2.25. The lowest BCUT2D eigenvalue weighted by molar-refractivity contribution is 0.559. The van der Waals surface area contributed by atoms with E-state index in [1.807, 2.05) is 13.1 Å². The summed E-state index contributed by atoms with van der Waals surface area (Å²) in [4.78, 5) is 9.87. The zero-order chi connectivity index (χ0) is 10.9. The van der Waals surface area contributed by atoms with Crippen LogP contribution in [0.25, 0.3) is 0 Å². The average Bonchev–Trinajstić information content (AvgIpc) is 1.43. The summed E-state index contributed by atoms with van der Waals surface area (Å²) in [7, 11) is -4.41. The van der Waals surface area contributed by atoms with Gasteiger partial charge in [0.25, 0.3) is 0 Å². The van der Waals surface area contributed by atoms with Gasteiger partial charge >= 0.3 is 0 Å². The Labute approximate surface area is 85.0 Å². The van der Waals surface area contributed by atoms with Gasteiger partial charge in [-0.25, -0.2) is 0 Å². The molecule has 1 N–H and O–H groups in total. The Bertz CT molecular complexity index is 221. The van der Waals surface area contributed by atoms with Crippen molar-refractivity contribution in [2.75, 3.05) is 19.1 Å². The fourth-order valence-electron chi connectivity index (χ4n) is 1.79. The molecule has 0 amide bonds. The molecule has 0 aliphatic carbocycles.